The first-order chi connectivity index (χ1) is 27.5. The molecule has 0 aliphatic heterocycles. The second kappa shape index (κ2) is 12.0. The highest BCUT2D eigenvalue weighted by Gasteiger charge is 2.51. The van der Waals surface area contributed by atoms with Crippen molar-refractivity contribution in [3.8, 4) is 22.3 Å². The molecule has 2 aliphatic rings. The second-order valence-corrected chi connectivity index (χ2v) is 28.2. The highest BCUT2D eigenvalue weighted by atomic mass is 28.3. The Labute approximate surface area is 337 Å². The first-order valence-electron chi connectivity index (χ1n) is 20.3. The summed E-state index contributed by atoms with van der Waals surface area (Å²) in [6.07, 6.45) is 0. The minimum atomic E-state index is -1.50. The van der Waals surface area contributed by atoms with Crippen LogP contribution in [0.1, 0.15) is 22.3 Å². The predicted octanol–water partition coefficient (Wildman–Crippen LogP) is 13.6. The average molecular weight is 768 g/mol. The van der Waals surface area contributed by atoms with Crippen molar-refractivity contribution < 1.29 is 4.42 Å². The smallest absolute Gasteiger partial charge is 0.143 e. The summed E-state index contributed by atoms with van der Waals surface area (Å²) in [7, 11) is -3.00. The molecule has 0 atom stereocenters. The van der Waals surface area contributed by atoms with Crippen LogP contribution in [0.5, 0.6) is 0 Å². The SMILES string of the molecule is C[Si](C)(C)c1ccc(N(c2ccc([Si](C)(C)C)cc2)c2ccc3c4c(cccc24)C2(c4ccccc4-c4ccccc42)c2ccc4c(oc5ccccc54)c2-3)cc1. The minimum Gasteiger partial charge on any atom is -0.455 e. The summed E-state index contributed by atoms with van der Waals surface area (Å²) < 4.78 is 6.97. The molecule has 2 aliphatic carbocycles. The molecule has 11 rings (SSSR count). The Balaban J connectivity index is 1.27. The quantitative estimate of drug-likeness (QED) is 0.162. The number of fused-ring (bicyclic) bond motifs is 13. The standard InChI is InChI=1S/C53H45NOSi2/c1-56(2,3)36-26-22-34(23-27-36)54(35-24-28-37(29-25-35)57(4,5)6)48-33-31-43-50-42(48)17-13-20-46(50)53(44-18-10-7-14-38(44)39-15-8-11-19-45(39)53)47-32-30-41-40-16-9-12-21-49(40)55-52(41)51(43)47/h7-33H,1-6H3. The molecular weight excluding hydrogens is 723 g/mol. The number of para-hydroxylation sites is 1. The number of furan rings is 1. The van der Waals surface area contributed by atoms with Crippen molar-refractivity contribution in [1.82, 2.24) is 0 Å². The van der Waals surface area contributed by atoms with Gasteiger partial charge in [0.15, 0.2) is 0 Å². The maximum atomic E-state index is 6.97. The van der Waals surface area contributed by atoms with Gasteiger partial charge in [-0.15, -0.1) is 0 Å². The van der Waals surface area contributed by atoms with Gasteiger partial charge in [-0.2, -0.15) is 0 Å². The van der Waals surface area contributed by atoms with Gasteiger partial charge in [-0.05, 0) is 80.7 Å². The van der Waals surface area contributed by atoms with Gasteiger partial charge >= 0.3 is 0 Å². The highest BCUT2D eigenvalue weighted by molar-refractivity contribution is 6.89. The first kappa shape index (κ1) is 34.3. The third kappa shape index (κ3) is 4.81. The summed E-state index contributed by atoms with van der Waals surface area (Å²) >= 11 is 0. The van der Waals surface area contributed by atoms with Gasteiger partial charge in [0.05, 0.1) is 27.3 Å². The lowest BCUT2D eigenvalue weighted by Gasteiger charge is -2.40. The number of rotatable bonds is 5. The van der Waals surface area contributed by atoms with E-state index in [0.29, 0.717) is 0 Å². The molecule has 276 valence electrons. The summed E-state index contributed by atoms with van der Waals surface area (Å²) in [5, 5.41) is 7.74. The average Bonchev–Trinajstić information content (AvgIpc) is 3.74. The molecule has 4 heteroatoms. The summed E-state index contributed by atoms with van der Waals surface area (Å²) in [5.74, 6) is 0. The maximum absolute atomic E-state index is 6.97. The molecule has 57 heavy (non-hydrogen) atoms. The van der Waals surface area contributed by atoms with E-state index in [1.54, 1.807) is 0 Å². The number of nitrogens with zero attached hydrogens (tertiary/aromatic N) is 1. The van der Waals surface area contributed by atoms with Gasteiger partial charge in [0.2, 0.25) is 0 Å². The van der Waals surface area contributed by atoms with Crippen LogP contribution in [0.4, 0.5) is 17.1 Å². The van der Waals surface area contributed by atoms with E-state index < -0.39 is 21.6 Å². The van der Waals surface area contributed by atoms with E-state index >= 15 is 0 Å². The highest BCUT2D eigenvalue weighted by Crippen LogP contribution is 2.63. The van der Waals surface area contributed by atoms with Gasteiger partial charge in [0.25, 0.3) is 0 Å². The number of hydrogen-bond donors (Lipinski definition) is 0. The predicted molar refractivity (Wildman–Crippen MR) is 248 cm³/mol. The fourth-order valence-electron chi connectivity index (χ4n) is 10.1. The van der Waals surface area contributed by atoms with Crippen LogP contribution in [-0.4, -0.2) is 16.1 Å². The van der Waals surface area contributed by atoms with Crippen molar-refractivity contribution in [2.75, 3.05) is 4.90 Å². The van der Waals surface area contributed by atoms with E-state index in [0.717, 1.165) is 21.9 Å². The fraction of sp³-hybridized carbons (Fsp3) is 0.132. The molecule has 1 spiro atoms. The number of hydrogen-bond acceptors (Lipinski definition) is 2. The van der Waals surface area contributed by atoms with Gasteiger partial charge in [0, 0.05) is 33.1 Å². The molecule has 2 nitrogen and oxygen atoms in total. The number of benzene rings is 8. The molecule has 0 saturated heterocycles. The van der Waals surface area contributed by atoms with Gasteiger partial charge in [0.1, 0.15) is 11.2 Å². The molecule has 8 aromatic carbocycles. The van der Waals surface area contributed by atoms with E-state index in [-0.39, 0.29) is 0 Å². The van der Waals surface area contributed by atoms with Crippen LogP contribution < -0.4 is 15.3 Å². The molecular formula is C53H45NOSi2. The van der Waals surface area contributed by atoms with Crippen molar-refractivity contribution in [2.45, 2.75) is 44.7 Å². The Morgan fingerprint density at radius 2 is 0.965 bits per heavy atom. The minimum absolute atomic E-state index is 0.538. The van der Waals surface area contributed by atoms with Gasteiger partial charge in [-0.25, -0.2) is 0 Å². The largest absolute Gasteiger partial charge is 0.455 e. The van der Waals surface area contributed by atoms with Crippen LogP contribution in [0.2, 0.25) is 39.3 Å². The zero-order valence-electron chi connectivity index (χ0n) is 33.4. The maximum Gasteiger partial charge on any atom is 0.143 e. The van der Waals surface area contributed by atoms with Crippen molar-refractivity contribution >= 4 is 76.3 Å². The summed E-state index contributed by atoms with van der Waals surface area (Å²) in [6, 6.07) is 62.0. The lowest BCUT2D eigenvalue weighted by Crippen LogP contribution is -2.37. The van der Waals surface area contributed by atoms with Gasteiger partial charge in [-0.3, -0.25) is 0 Å². The molecule has 0 amide bonds. The van der Waals surface area contributed by atoms with E-state index in [4.69, 9.17) is 4.42 Å². The van der Waals surface area contributed by atoms with Crippen LogP contribution in [0, 0.1) is 0 Å². The third-order valence-electron chi connectivity index (χ3n) is 12.8. The molecule has 1 aromatic heterocycles. The van der Waals surface area contributed by atoms with E-state index in [2.05, 4.69) is 208 Å². The van der Waals surface area contributed by atoms with Gasteiger partial charge < -0.3 is 9.32 Å². The normalized spacial score (nSPS) is 13.9. The Kier molecular flexibility index (Phi) is 7.24. The molecule has 9 aromatic rings. The van der Waals surface area contributed by atoms with Crippen LogP contribution in [0.25, 0.3) is 55.0 Å². The van der Waals surface area contributed by atoms with E-state index in [1.165, 1.54) is 82.7 Å². The fourth-order valence-corrected chi connectivity index (χ4v) is 12.4. The topological polar surface area (TPSA) is 16.4 Å². The van der Waals surface area contributed by atoms with Crippen LogP contribution >= 0.6 is 0 Å². The summed E-state index contributed by atoms with van der Waals surface area (Å²) in [6.45, 7) is 14.5. The molecule has 0 fully saturated rings. The van der Waals surface area contributed by atoms with Crippen LogP contribution in [0.15, 0.2) is 168 Å². The molecule has 1 heterocycles. The Hall–Kier alpha value is -5.95. The lowest BCUT2D eigenvalue weighted by molar-refractivity contribution is 0.667. The van der Waals surface area contributed by atoms with E-state index in [1.807, 2.05) is 0 Å². The Morgan fingerprint density at radius 3 is 1.58 bits per heavy atom. The van der Waals surface area contributed by atoms with Crippen molar-refractivity contribution in [3.05, 3.63) is 186 Å². The van der Waals surface area contributed by atoms with Crippen molar-refractivity contribution in [2.24, 2.45) is 0 Å². The van der Waals surface area contributed by atoms with Crippen molar-refractivity contribution in [3.63, 3.8) is 0 Å². The summed E-state index contributed by atoms with van der Waals surface area (Å²) in [4.78, 5) is 2.49. The van der Waals surface area contributed by atoms with Gasteiger partial charge in [-0.1, -0.05) is 177 Å². The molecule has 0 unspecified atom stereocenters. The van der Waals surface area contributed by atoms with E-state index in [9.17, 15) is 0 Å². The number of anilines is 3. The van der Waals surface area contributed by atoms with Crippen LogP contribution in [-0.2, 0) is 5.41 Å². The monoisotopic (exact) mass is 767 g/mol. The lowest BCUT2D eigenvalue weighted by atomic mass is 9.61. The zero-order chi connectivity index (χ0) is 38.8. The third-order valence-corrected chi connectivity index (χ3v) is 16.9. The molecule has 0 bridgehead atoms. The molecule has 0 saturated carbocycles. The Bertz CT molecular complexity index is 2980. The molecule has 0 radical (unpaired) electrons. The summed E-state index contributed by atoms with van der Waals surface area (Å²) in [5.41, 5.74) is 15.1. The Morgan fingerprint density at radius 1 is 0.421 bits per heavy atom. The van der Waals surface area contributed by atoms with Crippen LogP contribution in [0.3, 0.4) is 0 Å². The molecule has 0 N–H and O–H groups in total. The first-order valence-corrected chi connectivity index (χ1v) is 27.3. The van der Waals surface area contributed by atoms with Crippen molar-refractivity contribution in [1.29, 1.82) is 0 Å². The zero-order valence-corrected chi connectivity index (χ0v) is 35.4. The second-order valence-electron chi connectivity index (χ2n) is 18.1.